The summed E-state index contributed by atoms with van der Waals surface area (Å²) in [7, 11) is 1.17. The predicted octanol–water partition coefficient (Wildman–Crippen LogP) is -0.168. The third-order valence-corrected chi connectivity index (χ3v) is 4.50. The van der Waals surface area contributed by atoms with Crippen molar-refractivity contribution in [2.45, 2.75) is 51.6 Å². The number of methoxy groups -OCH3 is 1. The number of rotatable bonds is 5. The minimum atomic E-state index is -1.89. The number of likely N-dealkylation sites (tertiary alicyclic amines) is 1. The third-order valence-electron chi connectivity index (χ3n) is 4.50. The zero-order valence-corrected chi connectivity index (χ0v) is 14.4. The second-order valence-electron chi connectivity index (χ2n) is 7.12. The number of hydrogen-bond donors (Lipinski definition) is 3. The fraction of sp³-hybridized carbons (Fsp3) is 0.800. The van der Waals surface area contributed by atoms with Gasteiger partial charge in [0, 0.05) is 36.9 Å². The maximum atomic E-state index is 12.9. The predicted molar refractivity (Wildman–Crippen MR) is 82.5 cm³/mol. The summed E-state index contributed by atoms with van der Waals surface area (Å²) in [5.74, 6) is -1.59. The van der Waals surface area contributed by atoms with Crippen LogP contribution in [0.4, 0.5) is 0 Å². The largest absolute Gasteiger partial charge is 0.467 e. The molecule has 1 heterocycles. The molecular formula is C15H27N3O5. The molecule has 1 amide bonds. The summed E-state index contributed by atoms with van der Waals surface area (Å²) in [5.41, 5.74) is 3.91. The van der Waals surface area contributed by atoms with Crippen LogP contribution < -0.4 is 11.2 Å². The highest BCUT2D eigenvalue weighted by Gasteiger charge is 2.67. The number of hydrogen-bond acceptors (Lipinski definition) is 7. The van der Waals surface area contributed by atoms with E-state index in [0.717, 1.165) is 0 Å². The first-order valence-corrected chi connectivity index (χ1v) is 7.55. The van der Waals surface area contributed by atoms with E-state index in [0.29, 0.717) is 0 Å². The number of piperidine rings is 1. The van der Waals surface area contributed by atoms with Gasteiger partial charge in [-0.2, -0.15) is 0 Å². The monoisotopic (exact) mass is 329 g/mol. The average Bonchev–Trinajstić information content (AvgIpc) is 2.47. The Morgan fingerprint density at radius 2 is 1.91 bits per heavy atom. The summed E-state index contributed by atoms with van der Waals surface area (Å²) in [6.45, 7) is 6.55. The average molecular weight is 329 g/mol. The summed E-state index contributed by atoms with van der Waals surface area (Å²) in [6, 6.07) is 0. The number of carbonyl (C=O) groups is 3. The lowest BCUT2D eigenvalue weighted by atomic mass is 9.63. The van der Waals surface area contributed by atoms with E-state index in [4.69, 9.17) is 10.5 Å². The number of nitrogens with zero attached hydrogens (tertiary/aromatic N) is 1. The van der Waals surface area contributed by atoms with E-state index < -0.39 is 28.2 Å². The minimum Gasteiger partial charge on any atom is -0.467 e. The molecule has 0 aromatic carbocycles. The zero-order valence-electron chi connectivity index (χ0n) is 14.4. The summed E-state index contributed by atoms with van der Waals surface area (Å²) < 4.78 is 4.91. The Balaban J connectivity index is 3.78. The molecule has 1 aliphatic rings. The van der Waals surface area contributed by atoms with E-state index in [9.17, 15) is 19.6 Å². The van der Waals surface area contributed by atoms with Crippen LogP contribution >= 0.6 is 0 Å². The van der Waals surface area contributed by atoms with Gasteiger partial charge in [-0.15, -0.1) is 0 Å². The van der Waals surface area contributed by atoms with E-state index in [2.05, 4.69) is 0 Å². The molecule has 8 nitrogen and oxygen atoms in total. The van der Waals surface area contributed by atoms with Gasteiger partial charge in [0.1, 0.15) is 0 Å². The number of carbonyl (C=O) groups excluding carboxylic acids is 3. The van der Waals surface area contributed by atoms with Crippen molar-refractivity contribution < 1.29 is 24.3 Å². The number of ether oxygens (including phenoxy) is 1. The van der Waals surface area contributed by atoms with E-state index in [1.165, 1.54) is 12.0 Å². The number of esters is 1. The topological polar surface area (TPSA) is 122 Å². The van der Waals surface area contributed by atoms with Crippen LogP contribution in [0.15, 0.2) is 0 Å². The molecule has 1 aliphatic heterocycles. The van der Waals surface area contributed by atoms with Crippen molar-refractivity contribution in [2.75, 3.05) is 20.2 Å². The second kappa shape index (κ2) is 6.54. The van der Waals surface area contributed by atoms with Crippen LogP contribution in [-0.4, -0.2) is 59.0 Å². The molecule has 23 heavy (non-hydrogen) atoms. The molecule has 0 aromatic heterocycles. The fourth-order valence-corrected chi connectivity index (χ4v) is 3.43. The van der Waals surface area contributed by atoms with Crippen molar-refractivity contribution in [3.8, 4) is 0 Å². The lowest BCUT2D eigenvalue weighted by Gasteiger charge is -2.56. The van der Waals surface area contributed by atoms with Gasteiger partial charge in [-0.1, -0.05) is 6.92 Å². The number of Topliss-reactive ketones (excluding diaryl/α,β-unsaturated/α-hetero) is 1. The SMILES string of the molecule is COC(=O)[C@]1([C@](C)(CN)CNO)C(=O)CCC(=O)N1C(C)(C)C. The van der Waals surface area contributed by atoms with Gasteiger partial charge in [0.25, 0.3) is 0 Å². The molecule has 132 valence electrons. The maximum Gasteiger partial charge on any atom is 0.340 e. The van der Waals surface area contributed by atoms with E-state index in [1.54, 1.807) is 27.7 Å². The number of amides is 1. The van der Waals surface area contributed by atoms with E-state index in [1.807, 2.05) is 5.48 Å². The van der Waals surface area contributed by atoms with Gasteiger partial charge in [0.05, 0.1) is 7.11 Å². The number of hydroxylamine groups is 1. The Morgan fingerprint density at radius 1 is 1.35 bits per heavy atom. The molecule has 0 radical (unpaired) electrons. The molecule has 0 spiro atoms. The lowest BCUT2D eigenvalue weighted by Crippen LogP contribution is -2.78. The molecule has 0 saturated carbocycles. The quantitative estimate of drug-likeness (QED) is 0.364. The Kier molecular flexibility index (Phi) is 5.56. The molecule has 1 fully saturated rings. The molecular weight excluding hydrogens is 302 g/mol. The number of nitrogens with two attached hydrogens (primary N) is 1. The number of ketones is 1. The smallest absolute Gasteiger partial charge is 0.340 e. The highest BCUT2D eigenvalue weighted by molar-refractivity contribution is 6.14. The summed E-state index contributed by atoms with van der Waals surface area (Å²) in [6.07, 6.45) is -0.0381. The summed E-state index contributed by atoms with van der Waals surface area (Å²) >= 11 is 0. The minimum absolute atomic E-state index is 0.0298. The second-order valence-corrected chi connectivity index (χ2v) is 7.12. The first kappa shape index (κ1) is 19.5. The Bertz CT molecular complexity index is 492. The van der Waals surface area contributed by atoms with Gasteiger partial charge in [0.15, 0.2) is 5.78 Å². The van der Waals surface area contributed by atoms with Crippen molar-refractivity contribution in [3.05, 3.63) is 0 Å². The van der Waals surface area contributed by atoms with E-state index >= 15 is 0 Å². The van der Waals surface area contributed by atoms with Gasteiger partial charge in [0.2, 0.25) is 11.4 Å². The van der Waals surface area contributed by atoms with Gasteiger partial charge >= 0.3 is 5.97 Å². The fourth-order valence-electron chi connectivity index (χ4n) is 3.43. The summed E-state index contributed by atoms with van der Waals surface area (Å²) in [4.78, 5) is 39.6. The molecule has 1 rings (SSSR count). The summed E-state index contributed by atoms with van der Waals surface area (Å²) in [5, 5.41) is 9.20. The van der Waals surface area contributed by atoms with Crippen LogP contribution in [0.1, 0.15) is 40.5 Å². The molecule has 0 bridgehead atoms. The molecule has 2 atom stereocenters. The van der Waals surface area contributed by atoms with Crippen molar-refractivity contribution in [2.24, 2.45) is 11.1 Å². The van der Waals surface area contributed by atoms with E-state index in [-0.39, 0.29) is 31.8 Å². The molecule has 4 N–H and O–H groups in total. The Hall–Kier alpha value is -1.51. The molecule has 1 saturated heterocycles. The normalized spacial score (nSPS) is 25.3. The van der Waals surface area contributed by atoms with Crippen molar-refractivity contribution in [1.29, 1.82) is 0 Å². The van der Waals surface area contributed by atoms with Crippen molar-refractivity contribution in [1.82, 2.24) is 10.4 Å². The van der Waals surface area contributed by atoms with Crippen LogP contribution in [-0.2, 0) is 19.1 Å². The van der Waals surface area contributed by atoms with Crippen molar-refractivity contribution in [3.63, 3.8) is 0 Å². The lowest BCUT2D eigenvalue weighted by molar-refractivity contribution is -0.190. The highest BCUT2D eigenvalue weighted by Crippen LogP contribution is 2.45. The van der Waals surface area contributed by atoms with Crippen LogP contribution in [0, 0.1) is 5.41 Å². The first-order chi connectivity index (χ1) is 10.5. The molecule has 8 heteroatoms. The van der Waals surface area contributed by atoms with Gasteiger partial charge in [-0.25, -0.2) is 10.3 Å². The first-order valence-electron chi connectivity index (χ1n) is 7.55. The van der Waals surface area contributed by atoms with Gasteiger partial charge < -0.3 is 20.6 Å². The van der Waals surface area contributed by atoms with Crippen LogP contribution in [0.3, 0.4) is 0 Å². The Morgan fingerprint density at radius 3 is 2.30 bits per heavy atom. The molecule has 0 aliphatic carbocycles. The zero-order chi connectivity index (χ0) is 18.1. The molecule has 0 unspecified atom stereocenters. The maximum absolute atomic E-state index is 12.9. The van der Waals surface area contributed by atoms with Crippen LogP contribution in [0.25, 0.3) is 0 Å². The standard InChI is InChI=1S/C15H27N3O5/c1-13(2,3)18-11(20)7-6-10(19)15(18,12(21)23-5)14(4,8-16)9-17-22/h17,22H,6-9,16H2,1-5H3/t14-,15+/m1/s1. The van der Waals surface area contributed by atoms with Gasteiger partial charge in [-0.3, -0.25) is 9.59 Å². The molecule has 0 aromatic rings. The highest BCUT2D eigenvalue weighted by atomic mass is 16.5. The number of nitrogens with one attached hydrogen (secondary N) is 1. The van der Waals surface area contributed by atoms with Crippen LogP contribution in [0.2, 0.25) is 0 Å². The van der Waals surface area contributed by atoms with Crippen molar-refractivity contribution >= 4 is 17.7 Å². The third kappa shape index (κ3) is 2.86. The van der Waals surface area contributed by atoms with Gasteiger partial charge in [-0.05, 0) is 20.8 Å². The van der Waals surface area contributed by atoms with Crippen LogP contribution in [0.5, 0.6) is 0 Å². The Labute approximate surface area is 136 Å².